The minimum atomic E-state index is -0.0364. The van der Waals surface area contributed by atoms with Gasteiger partial charge < -0.3 is 9.47 Å². The maximum atomic E-state index is 6.08. The zero-order valence-electron chi connectivity index (χ0n) is 13.0. The number of ether oxygens (including phenoxy) is 2. The van der Waals surface area contributed by atoms with Gasteiger partial charge in [0.05, 0.1) is 6.33 Å². The Bertz CT molecular complexity index is 636. The van der Waals surface area contributed by atoms with Gasteiger partial charge in [0.25, 0.3) is 0 Å². The van der Waals surface area contributed by atoms with Crippen molar-refractivity contribution in [2.45, 2.75) is 58.3 Å². The Morgan fingerprint density at radius 3 is 2.86 bits per heavy atom. The molecule has 0 aromatic carbocycles. The number of imidazole rings is 1. The van der Waals surface area contributed by atoms with E-state index in [1.54, 1.807) is 6.33 Å². The highest BCUT2D eigenvalue weighted by Crippen LogP contribution is 2.30. The van der Waals surface area contributed by atoms with Gasteiger partial charge in [-0.2, -0.15) is 9.97 Å². The Morgan fingerprint density at radius 2 is 2.18 bits per heavy atom. The highest BCUT2D eigenvalue weighted by molar-refractivity contribution is 6.28. The second kappa shape index (κ2) is 6.79. The van der Waals surface area contributed by atoms with Gasteiger partial charge in [-0.25, -0.2) is 4.98 Å². The number of hydrogen-bond donors (Lipinski definition) is 0. The highest BCUT2D eigenvalue weighted by atomic mass is 35.5. The molecule has 3 heterocycles. The van der Waals surface area contributed by atoms with E-state index >= 15 is 0 Å². The minimum absolute atomic E-state index is 0.0364. The van der Waals surface area contributed by atoms with Crippen molar-refractivity contribution in [3.63, 3.8) is 0 Å². The van der Waals surface area contributed by atoms with Crippen LogP contribution in [0.3, 0.4) is 0 Å². The third-order valence-corrected chi connectivity index (χ3v) is 4.19. The molecule has 0 amide bonds. The Hall–Kier alpha value is -1.40. The third kappa shape index (κ3) is 3.03. The molecule has 6 nitrogen and oxygen atoms in total. The molecular formula is C15H21ClN4O2. The summed E-state index contributed by atoms with van der Waals surface area (Å²) in [7, 11) is 0. The first kappa shape index (κ1) is 15.5. The lowest BCUT2D eigenvalue weighted by molar-refractivity contribution is -0.0298. The van der Waals surface area contributed by atoms with Gasteiger partial charge in [-0.3, -0.25) is 4.57 Å². The van der Waals surface area contributed by atoms with E-state index in [1.807, 2.05) is 4.57 Å². The molecule has 7 heteroatoms. The predicted molar refractivity (Wildman–Crippen MR) is 84.2 cm³/mol. The first-order valence-corrected chi connectivity index (χ1v) is 8.29. The zero-order chi connectivity index (χ0) is 15.5. The second-order valence-corrected chi connectivity index (χ2v) is 5.84. The Morgan fingerprint density at radius 1 is 1.36 bits per heavy atom. The highest BCUT2D eigenvalue weighted by Gasteiger charge is 2.22. The van der Waals surface area contributed by atoms with Crippen LogP contribution in [0.25, 0.3) is 11.2 Å². The van der Waals surface area contributed by atoms with Crippen LogP contribution in [0, 0.1) is 0 Å². The molecule has 0 bridgehead atoms. The van der Waals surface area contributed by atoms with Crippen molar-refractivity contribution in [3.8, 4) is 5.88 Å². The summed E-state index contributed by atoms with van der Waals surface area (Å²) in [6.07, 6.45) is 6.82. The number of hydrogen-bond acceptors (Lipinski definition) is 5. The van der Waals surface area contributed by atoms with Crippen LogP contribution in [0.5, 0.6) is 5.88 Å². The van der Waals surface area contributed by atoms with Crippen molar-refractivity contribution in [1.29, 1.82) is 0 Å². The molecule has 2 aromatic heterocycles. The van der Waals surface area contributed by atoms with Crippen molar-refractivity contribution in [2.24, 2.45) is 0 Å². The number of aromatic nitrogens is 4. The van der Waals surface area contributed by atoms with E-state index in [2.05, 4.69) is 28.8 Å². The maximum absolute atomic E-state index is 6.08. The van der Waals surface area contributed by atoms with Gasteiger partial charge in [0.1, 0.15) is 12.3 Å². The molecular weight excluding hydrogens is 304 g/mol. The lowest BCUT2D eigenvalue weighted by Crippen LogP contribution is -2.18. The number of halogens is 1. The van der Waals surface area contributed by atoms with Crippen LogP contribution in [0.4, 0.5) is 0 Å². The van der Waals surface area contributed by atoms with Gasteiger partial charge in [-0.15, -0.1) is 0 Å². The molecule has 0 N–H and O–H groups in total. The number of rotatable bonds is 5. The Kier molecular flexibility index (Phi) is 4.78. The quantitative estimate of drug-likeness (QED) is 0.784. The van der Waals surface area contributed by atoms with Crippen LogP contribution in [0.15, 0.2) is 6.33 Å². The SMILES string of the molecule is CCC(CC)Oc1nc(Cl)nc2c1ncn2C1CCCCO1. The summed E-state index contributed by atoms with van der Waals surface area (Å²) in [5.74, 6) is 0.457. The lowest BCUT2D eigenvalue weighted by atomic mass is 10.2. The normalized spacial score (nSPS) is 19.0. The largest absolute Gasteiger partial charge is 0.473 e. The fourth-order valence-corrected chi connectivity index (χ4v) is 2.87. The molecule has 3 rings (SSSR count). The Labute approximate surface area is 134 Å². The topological polar surface area (TPSA) is 62.1 Å². The molecule has 0 aliphatic carbocycles. The summed E-state index contributed by atoms with van der Waals surface area (Å²) in [6, 6.07) is 0. The molecule has 1 atom stereocenters. The van der Waals surface area contributed by atoms with E-state index in [0.29, 0.717) is 17.0 Å². The van der Waals surface area contributed by atoms with Crippen LogP contribution in [0.2, 0.25) is 5.28 Å². The molecule has 1 saturated heterocycles. The van der Waals surface area contributed by atoms with E-state index in [9.17, 15) is 0 Å². The summed E-state index contributed by atoms with van der Waals surface area (Å²) in [5, 5.41) is 0.172. The number of fused-ring (bicyclic) bond motifs is 1. The molecule has 1 aliphatic heterocycles. The monoisotopic (exact) mass is 324 g/mol. The van der Waals surface area contributed by atoms with Gasteiger partial charge in [-0.05, 0) is 43.7 Å². The van der Waals surface area contributed by atoms with E-state index in [-0.39, 0.29) is 17.6 Å². The standard InChI is InChI=1S/C15H21ClN4O2/c1-3-10(4-2)22-14-12-13(18-15(16)19-14)20(9-17-12)11-7-5-6-8-21-11/h9-11H,3-8H2,1-2H3. The van der Waals surface area contributed by atoms with Crippen molar-refractivity contribution in [1.82, 2.24) is 19.5 Å². The van der Waals surface area contributed by atoms with E-state index < -0.39 is 0 Å². The predicted octanol–water partition coefficient (Wildman–Crippen LogP) is 3.75. The lowest BCUT2D eigenvalue weighted by Gasteiger charge is -2.23. The van der Waals surface area contributed by atoms with Crippen molar-refractivity contribution >= 4 is 22.8 Å². The average Bonchev–Trinajstić information content (AvgIpc) is 2.97. The van der Waals surface area contributed by atoms with Gasteiger partial charge in [0.15, 0.2) is 11.2 Å². The molecule has 1 aliphatic rings. The van der Waals surface area contributed by atoms with E-state index in [1.165, 1.54) is 0 Å². The smallest absolute Gasteiger partial charge is 0.247 e. The summed E-state index contributed by atoms with van der Waals surface area (Å²) in [6.45, 7) is 4.94. The minimum Gasteiger partial charge on any atom is -0.473 e. The molecule has 2 aromatic rings. The molecule has 0 radical (unpaired) electrons. The fraction of sp³-hybridized carbons (Fsp3) is 0.667. The second-order valence-electron chi connectivity index (χ2n) is 5.50. The van der Waals surface area contributed by atoms with Crippen molar-refractivity contribution in [3.05, 3.63) is 11.6 Å². The van der Waals surface area contributed by atoms with E-state index in [0.717, 1.165) is 38.7 Å². The van der Waals surface area contributed by atoms with Gasteiger partial charge in [-0.1, -0.05) is 13.8 Å². The summed E-state index contributed by atoms with van der Waals surface area (Å²) >= 11 is 6.08. The van der Waals surface area contributed by atoms with Gasteiger partial charge >= 0.3 is 0 Å². The van der Waals surface area contributed by atoms with Crippen molar-refractivity contribution in [2.75, 3.05) is 6.61 Å². The van der Waals surface area contributed by atoms with Crippen LogP contribution in [0.1, 0.15) is 52.2 Å². The van der Waals surface area contributed by atoms with E-state index in [4.69, 9.17) is 21.1 Å². The average molecular weight is 325 g/mol. The molecule has 1 fully saturated rings. The van der Waals surface area contributed by atoms with Gasteiger partial charge in [0.2, 0.25) is 11.2 Å². The summed E-state index contributed by atoms with van der Waals surface area (Å²) in [5.41, 5.74) is 1.32. The number of nitrogens with zero attached hydrogens (tertiary/aromatic N) is 4. The molecule has 120 valence electrons. The van der Waals surface area contributed by atoms with Crippen LogP contribution >= 0.6 is 11.6 Å². The third-order valence-electron chi connectivity index (χ3n) is 4.02. The first-order valence-electron chi connectivity index (χ1n) is 7.91. The molecule has 0 spiro atoms. The molecule has 0 saturated carbocycles. The molecule has 1 unspecified atom stereocenters. The molecule has 22 heavy (non-hydrogen) atoms. The maximum Gasteiger partial charge on any atom is 0.247 e. The zero-order valence-corrected chi connectivity index (χ0v) is 13.7. The first-order chi connectivity index (χ1) is 10.7. The van der Waals surface area contributed by atoms with Crippen molar-refractivity contribution < 1.29 is 9.47 Å². The summed E-state index contributed by atoms with van der Waals surface area (Å²) < 4.78 is 13.7. The van der Waals surface area contributed by atoms with Gasteiger partial charge in [0, 0.05) is 6.61 Å². The summed E-state index contributed by atoms with van der Waals surface area (Å²) in [4.78, 5) is 13.0. The van der Waals surface area contributed by atoms with Crippen LogP contribution in [-0.4, -0.2) is 32.2 Å². The van der Waals surface area contributed by atoms with Crippen LogP contribution < -0.4 is 4.74 Å². The van der Waals surface area contributed by atoms with Crippen LogP contribution in [-0.2, 0) is 4.74 Å². The Balaban J connectivity index is 1.98. The fourth-order valence-electron chi connectivity index (χ4n) is 2.71.